The van der Waals surface area contributed by atoms with E-state index in [-0.39, 0.29) is 23.3 Å². The molecule has 0 spiro atoms. The van der Waals surface area contributed by atoms with E-state index in [1.807, 2.05) is 6.92 Å². The Morgan fingerprint density at radius 2 is 1.85 bits per heavy atom. The van der Waals surface area contributed by atoms with E-state index in [0.717, 1.165) is 0 Å². The maximum atomic E-state index is 11.7. The van der Waals surface area contributed by atoms with Gasteiger partial charge in [0.05, 0.1) is 6.10 Å². The van der Waals surface area contributed by atoms with Gasteiger partial charge in [-0.2, -0.15) is 0 Å². The van der Waals surface area contributed by atoms with E-state index in [4.69, 9.17) is 9.84 Å². The molecule has 1 heterocycles. The number of hydrogen-bond acceptors (Lipinski definition) is 4. The standard InChI is InChI=1S/C13H20N2O5/c1-7-6-10(4-5-20-7)14-13(19)15-11(16)8(2)9(3)12(17)18/h7,10H,4-6H2,1-3H3,(H,17,18)(H2,14,15,16,19). The van der Waals surface area contributed by atoms with Crippen molar-refractivity contribution in [2.45, 2.75) is 45.8 Å². The maximum Gasteiger partial charge on any atom is 0.331 e. The zero-order valence-corrected chi connectivity index (χ0v) is 11.9. The first kappa shape index (κ1) is 16.2. The summed E-state index contributed by atoms with van der Waals surface area (Å²) in [5.74, 6) is -1.89. The van der Waals surface area contributed by atoms with Crippen molar-refractivity contribution in [3.8, 4) is 0 Å². The Hall–Kier alpha value is -1.89. The van der Waals surface area contributed by atoms with Crippen LogP contribution in [0.15, 0.2) is 11.1 Å². The number of rotatable bonds is 3. The van der Waals surface area contributed by atoms with Crippen LogP contribution in [-0.4, -0.2) is 41.8 Å². The fourth-order valence-electron chi connectivity index (χ4n) is 1.88. The van der Waals surface area contributed by atoms with Gasteiger partial charge in [0.2, 0.25) is 0 Å². The topological polar surface area (TPSA) is 105 Å². The third kappa shape index (κ3) is 4.65. The third-order valence-electron chi connectivity index (χ3n) is 3.27. The predicted octanol–water partition coefficient (Wildman–Crippen LogP) is 0.801. The smallest absolute Gasteiger partial charge is 0.331 e. The van der Waals surface area contributed by atoms with Gasteiger partial charge >= 0.3 is 12.0 Å². The number of carboxylic acids is 1. The van der Waals surface area contributed by atoms with Crippen LogP contribution in [0.5, 0.6) is 0 Å². The van der Waals surface area contributed by atoms with E-state index < -0.39 is 17.9 Å². The molecule has 7 nitrogen and oxygen atoms in total. The van der Waals surface area contributed by atoms with Gasteiger partial charge in [0, 0.05) is 23.8 Å². The first-order chi connectivity index (χ1) is 9.31. The number of aliphatic carboxylic acids is 1. The molecule has 1 fully saturated rings. The van der Waals surface area contributed by atoms with Crippen molar-refractivity contribution in [2.75, 3.05) is 6.61 Å². The number of carbonyl (C=O) groups is 3. The monoisotopic (exact) mass is 284 g/mol. The molecule has 1 saturated heterocycles. The Morgan fingerprint density at radius 1 is 1.20 bits per heavy atom. The Labute approximate surface area is 117 Å². The molecule has 1 aliphatic rings. The van der Waals surface area contributed by atoms with Crippen LogP contribution in [0.1, 0.15) is 33.6 Å². The van der Waals surface area contributed by atoms with E-state index in [1.165, 1.54) is 13.8 Å². The fourth-order valence-corrected chi connectivity index (χ4v) is 1.88. The summed E-state index contributed by atoms with van der Waals surface area (Å²) in [6, 6.07) is -0.664. The number of imide groups is 1. The Balaban J connectivity index is 2.52. The molecule has 3 N–H and O–H groups in total. The molecule has 0 aromatic carbocycles. The Kier molecular flexibility index (Phi) is 5.69. The van der Waals surface area contributed by atoms with E-state index in [0.29, 0.717) is 19.4 Å². The molecule has 2 unspecified atom stereocenters. The molecule has 0 aliphatic carbocycles. The van der Waals surface area contributed by atoms with Gasteiger partial charge in [-0.3, -0.25) is 10.1 Å². The van der Waals surface area contributed by atoms with Gasteiger partial charge in [0.25, 0.3) is 5.91 Å². The molecule has 0 radical (unpaired) electrons. The number of hydrogen-bond donors (Lipinski definition) is 3. The van der Waals surface area contributed by atoms with Crippen LogP contribution < -0.4 is 10.6 Å². The van der Waals surface area contributed by atoms with E-state index in [1.54, 1.807) is 0 Å². The van der Waals surface area contributed by atoms with Crippen molar-refractivity contribution >= 4 is 17.9 Å². The lowest BCUT2D eigenvalue weighted by Gasteiger charge is -2.27. The minimum Gasteiger partial charge on any atom is -0.478 e. The van der Waals surface area contributed by atoms with E-state index in [2.05, 4.69) is 10.6 Å². The SMILES string of the molecule is CC(C(=O)O)=C(C)C(=O)NC(=O)NC1CCOC(C)C1. The van der Waals surface area contributed by atoms with Crippen LogP contribution in [0.4, 0.5) is 4.79 Å². The van der Waals surface area contributed by atoms with Crippen LogP contribution >= 0.6 is 0 Å². The second-order valence-electron chi connectivity index (χ2n) is 4.89. The minimum atomic E-state index is -1.18. The van der Waals surface area contributed by atoms with Gasteiger partial charge in [-0.25, -0.2) is 9.59 Å². The summed E-state index contributed by atoms with van der Waals surface area (Å²) in [6.07, 6.45) is 1.44. The predicted molar refractivity (Wildman–Crippen MR) is 71.1 cm³/mol. The molecule has 0 aromatic rings. The number of nitrogens with one attached hydrogen (secondary N) is 2. The second kappa shape index (κ2) is 7.04. The lowest BCUT2D eigenvalue weighted by molar-refractivity contribution is -0.133. The molecule has 1 aliphatic heterocycles. The molecule has 112 valence electrons. The van der Waals surface area contributed by atoms with Crippen molar-refractivity contribution in [3.05, 3.63) is 11.1 Å². The number of ether oxygens (including phenoxy) is 1. The number of amides is 3. The summed E-state index contributed by atoms with van der Waals surface area (Å²) in [7, 11) is 0. The van der Waals surface area contributed by atoms with E-state index in [9.17, 15) is 14.4 Å². The molecule has 3 amide bonds. The quantitative estimate of drug-likeness (QED) is 0.665. The second-order valence-corrected chi connectivity index (χ2v) is 4.89. The molecule has 20 heavy (non-hydrogen) atoms. The van der Waals surface area contributed by atoms with Crippen molar-refractivity contribution in [3.63, 3.8) is 0 Å². The summed E-state index contributed by atoms with van der Waals surface area (Å²) in [6.45, 7) is 5.16. The van der Waals surface area contributed by atoms with Crippen LogP contribution in [0.3, 0.4) is 0 Å². The minimum absolute atomic E-state index is 0.00740. The molecular weight excluding hydrogens is 264 g/mol. The van der Waals surface area contributed by atoms with Crippen LogP contribution in [-0.2, 0) is 14.3 Å². The fraction of sp³-hybridized carbons (Fsp3) is 0.615. The highest BCUT2D eigenvalue weighted by atomic mass is 16.5. The lowest BCUT2D eigenvalue weighted by atomic mass is 10.0. The molecular formula is C13H20N2O5. The van der Waals surface area contributed by atoms with Crippen LogP contribution in [0.25, 0.3) is 0 Å². The average Bonchev–Trinajstić information content (AvgIpc) is 2.36. The highest BCUT2D eigenvalue weighted by Crippen LogP contribution is 2.12. The van der Waals surface area contributed by atoms with E-state index >= 15 is 0 Å². The first-order valence-corrected chi connectivity index (χ1v) is 6.45. The largest absolute Gasteiger partial charge is 0.478 e. The zero-order chi connectivity index (χ0) is 15.3. The number of carbonyl (C=O) groups excluding carboxylic acids is 2. The molecule has 2 atom stereocenters. The van der Waals surface area contributed by atoms with Gasteiger partial charge in [0.1, 0.15) is 0 Å². The van der Waals surface area contributed by atoms with Gasteiger partial charge in [0.15, 0.2) is 0 Å². The normalized spacial score (nSPS) is 23.6. The van der Waals surface area contributed by atoms with Crippen LogP contribution in [0.2, 0.25) is 0 Å². The number of urea groups is 1. The Bertz CT molecular complexity index is 444. The van der Waals surface area contributed by atoms with Crippen molar-refractivity contribution < 1.29 is 24.2 Å². The highest BCUT2D eigenvalue weighted by molar-refractivity contribution is 6.07. The highest BCUT2D eigenvalue weighted by Gasteiger charge is 2.22. The number of carboxylic acid groups (broad SMARTS) is 1. The molecule has 0 bridgehead atoms. The molecule has 0 saturated carbocycles. The average molecular weight is 284 g/mol. The van der Waals surface area contributed by atoms with Gasteiger partial charge in [-0.1, -0.05) is 0 Å². The van der Waals surface area contributed by atoms with Crippen molar-refractivity contribution in [1.29, 1.82) is 0 Å². The summed E-state index contributed by atoms with van der Waals surface area (Å²) >= 11 is 0. The zero-order valence-electron chi connectivity index (χ0n) is 11.9. The Morgan fingerprint density at radius 3 is 2.40 bits per heavy atom. The molecule has 7 heteroatoms. The van der Waals surface area contributed by atoms with Gasteiger partial charge in [-0.05, 0) is 33.6 Å². The summed E-state index contributed by atoms with van der Waals surface area (Å²) in [5, 5.41) is 13.6. The van der Waals surface area contributed by atoms with Crippen LogP contribution in [0, 0.1) is 0 Å². The van der Waals surface area contributed by atoms with Crippen molar-refractivity contribution in [2.24, 2.45) is 0 Å². The summed E-state index contributed by atoms with van der Waals surface area (Å²) < 4.78 is 5.36. The van der Waals surface area contributed by atoms with Gasteiger partial charge in [-0.15, -0.1) is 0 Å². The molecule has 1 rings (SSSR count). The summed E-state index contributed by atoms with van der Waals surface area (Å²) in [4.78, 5) is 34.1. The van der Waals surface area contributed by atoms with Gasteiger partial charge < -0.3 is 15.2 Å². The first-order valence-electron chi connectivity index (χ1n) is 6.45. The molecule has 0 aromatic heterocycles. The third-order valence-corrected chi connectivity index (χ3v) is 3.27. The maximum absolute atomic E-state index is 11.7. The van der Waals surface area contributed by atoms with Crippen molar-refractivity contribution in [1.82, 2.24) is 10.6 Å². The lowest BCUT2D eigenvalue weighted by Crippen LogP contribution is -2.47. The summed E-state index contributed by atoms with van der Waals surface area (Å²) in [5.41, 5.74) is -0.0806.